The molecule has 1 saturated carbocycles. The summed E-state index contributed by atoms with van der Waals surface area (Å²) in [6, 6.07) is 21.4. The van der Waals surface area contributed by atoms with Crippen LogP contribution in [0.3, 0.4) is 0 Å². The fourth-order valence-electron chi connectivity index (χ4n) is 5.66. The third-order valence-electron chi connectivity index (χ3n) is 7.67. The van der Waals surface area contributed by atoms with E-state index in [2.05, 4.69) is 31.7 Å². The van der Waals surface area contributed by atoms with Gasteiger partial charge in [-0.15, -0.1) is 10.2 Å². The number of carbonyl (C=O) groups excluding carboxylic acids is 2. The Hall–Kier alpha value is -5.26. The molecule has 0 amide bonds. The van der Waals surface area contributed by atoms with E-state index in [9.17, 15) is 9.59 Å². The van der Waals surface area contributed by atoms with E-state index < -0.39 is 18.4 Å². The molecule has 2 heterocycles. The van der Waals surface area contributed by atoms with Crippen molar-refractivity contribution < 1.29 is 28.5 Å². The molecule has 0 aliphatic heterocycles. The van der Waals surface area contributed by atoms with E-state index in [1.54, 1.807) is 12.1 Å². The summed E-state index contributed by atoms with van der Waals surface area (Å²) in [4.78, 5) is 30.4. The number of esters is 1. The number of carbonyl (C=O) groups is 2. The number of rotatable bonds is 10. The number of fused-ring (bicyclic) bond motifs is 1. The number of ether oxygens (including phenoxy) is 4. The van der Waals surface area contributed by atoms with E-state index in [-0.39, 0.29) is 11.7 Å². The second kappa shape index (κ2) is 13.6. The van der Waals surface area contributed by atoms with E-state index in [1.807, 2.05) is 60.0 Å². The fraction of sp³-hybridized carbons (Fsp3) is 0.333. The van der Waals surface area contributed by atoms with E-state index in [0.717, 1.165) is 54.4 Å². The minimum absolute atomic E-state index is 0.166. The van der Waals surface area contributed by atoms with Crippen molar-refractivity contribution in [1.82, 2.24) is 30.2 Å². The number of para-hydroxylation sites is 1. The summed E-state index contributed by atoms with van der Waals surface area (Å²) in [6.45, 7) is 4.10. The van der Waals surface area contributed by atoms with Crippen LogP contribution in [0.25, 0.3) is 33.5 Å². The molecule has 1 aliphatic rings. The first-order valence-electron chi connectivity index (χ1n) is 15.1. The number of aromatic nitrogens is 6. The molecule has 1 N–H and O–H groups in total. The zero-order valence-corrected chi connectivity index (χ0v) is 25.1. The first-order valence-corrected chi connectivity index (χ1v) is 15.1. The lowest BCUT2D eigenvalue weighted by Gasteiger charge is -2.22. The van der Waals surface area contributed by atoms with Crippen molar-refractivity contribution in [3.8, 4) is 28.5 Å². The number of benzene rings is 3. The molecule has 3 aromatic carbocycles. The number of nitrogens with one attached hydrogen (secondary N) is 1. The van der Waals surface area contributed by atoms with Crippen LogP contribution in [0.4, 0.5) is 4.79 Å². The Morgan fingerprint density at radius 2 is 1.78 bits per heavy atom. The van der Waals surface area contributed by atoms with Crippen LogP contribution in [0.5, 0.6) is 6.01 Å². The average molecular weight is 611 g/mol. The summed E-state index contributed by atoms with van der Waals surface area (Å²) in [5, 5.41) is 14.5. The van der Waals surface area contributed by atoms with Crippen molar-refractivity contribution in [3.05, 3.63) is 77.9 Å². The lowest BCUT2D eigenvalue weighted by Crippen LogP contribution is -2.26. The van der Waals surface area contributed by atoms with Crippen molar-refractivity contribution in [2.45, 2.75) is 64.9 Å². The lowest BCUT2D eigenvalue weighted by molar-refractivity contribution is -0.0914. The highest BCUT2D eigenvalue weighted by Crippen LogP contribution is 2.32. The van der Waals surface area contributed by atoms with Gasteiger partial charge in [-0.25, -0.2) is 9.59 Å². The summed E-state index contributed by atoms with van der Waals surface area (Å²) in [6.07, 6.45) is 2.63. The van der Waals surface area contributed by atoms with Crippen molar-refractivity contribution in [2.24, 2.45) is 0 Å². The smallest absolute Gasteiger partial charge is 0.465 e. The molecule has 6 rings (SSSR count). The SMILES string of the molecule is CCOc1nc2cccc(C(=O)OC(C)OC(=O)OC3CCCCC3)c2n1Cc1cccc(-c2ccccc2-c2nn[nH]n2)c1. The number of hydrogen-bond donors (Lipinski definition) is 1. The number of tetrazole rings is 1. The van der Waals surface area contributed by atoms with Gasteiger partial charge in [0.05, 0.1) is 29.7 Å². The monoisotopic (exact) mass is 610 g/mol. The molecular weight excluding hydrogens is 576 g/mol. The highest BCUT2D eigenvalue weighted by atomic mass is 16.8. The maximum atomic E-state index is 13.4. The highest BCUT2D eigenvalue weighted by Gasteiger charge is 2.25. The van der Waals surface area contributed by atoms with Gasteiger partial charge >= 0.3 is 12.1 Å². The van der Waals surface area contributed by atoms with Crippen molar-refractivity contribution in [3.63, 3.8) is 0 Å². The minimum atomic E-state index is -1.15. The second-order valence-corrected chi connectivity index (χ2v) is 10.8. The maximum Gasteiger partial charge on any atom is 0.511 e. The molecule has 12 nitrogen and oxygen atoms in total. The van der Waals surface area contributed by atoms with Crippen LogP contribution in [0.15, 0.2) is 66.7 Å². The number of hydrogen-bond acceptors (Lipinski definition) is 10. The minimum Gasteiger partial charge on any atom is -0.465 e. The van der Waals surface area contributed by atoms with Gasteiger partial charge in [-0.1, -0.05) is 55.0 Å². The van der Waals surface area contributed by atoms with Gasteiger partial charge in [0.1, 0.15) is 6.10 Å². The normalized spacial score (nSPS) is 14.2. The van der Waals surface area contributed by atoms with Gasteiger partial charge in [0.25, 0.3) is 6.01 Å². The van der Waals surface area contributed by atoms with E-state index in [1.165, 1.54) is 6.92 Å². The Balaban J connectivity index is 1.26. The summed E-state index contributed by atoms with van der Waals surface area (Å²) in [5.74, 6) is -0.163. The van der Waals surface area contributed by atoms with Gasteiger partial charge in [-0.3, -0.25) is 4.57 Å². The Bertz CT molecular complexity index is 1780. The quantitative estimate of drug-likeness (QED) is 0.141. The summed E-state index contributed by atoms with van der Waals surface area (Å²) >= 11 is 0. The molecule has 0 spiro atoms. The number of nitrogens with zero attached hydrogens (tertiary/aromatic N) is 5. The third kappa shape index (κ3) is 6.79. The number of H-pyrrole nitrogens is 1. The Morgan fingerprint density at radius 1 is 0.978 bits per heavy atom. The molecule has 232 valence electrons. The van der Waals surface area contributed by atoms with Gasteiger partial charge in [-0.2, -0.15) is 10.2 Å². The molecule has 12 heteroatoms. The van der Waals surface area contributed by atoms with Gasteiger partial charge < -0.3 is 18.9 Å². The average Bonchev–Trinajstić information content (AvgIpc) is 3.70. The molecule has 1 aliphatic carbocycles. The van der Waals surface area contributed by atoms with Crippen LogP contribution in [0.1, 0.15) is 61.9 Å². The van der Waals surface area contributed by atoms with E-state index in [0.29, 0.717) is 36.0 Å². The van der Waals surface area contributed by atoms with E-state index in [4.69, 9.17) is 18.9 Å². The fourth-order valence-corrected chi connectivity index (χ4v) is 5.66. The van der Waals surface area contributed by atoms with Gasteiger partial charge in [0.15, 0.2) is 0 Å². The molecule has 45 heavy (non-hydrogen) atoms. The predicted molar refractivity (Wildman–Crippen MR) is 164 cm³/mol. The molecule has 0 bridgehead atoms. The largest absolute Gasteiger partial charge is 0.511 e. The molecule has 5 aromatic rings. The highest BCUT2D eigenvalue weighted by molar-refractivity contribution is 6.02. The maximum absolute atomic E-state index is 13.4. The third-order valence-corrected chi connectivity index (χ3v) is 7.67. The topological polar surface area (TPSA) is 143 Å². The number of imidazole rings is 1. The summed E-state index contributed by atoms with van der Waals surface area (Å²) < 4.78 is 24.0. The van der Waals surface area contributed by atoms with Crippen LogP contribution in [0, 0.1) is 0 Å². The van der Waals surface area contributed by atoms with Gasteiger partial charge in [0.2, 0.25) is 12.1 Å². The Labute approximate surface area is 259 Å². The van der Waals surface area contributed by atoms with Crippen LogP contribution in [-0.4, -0.2) is 61.3 Å². The van der Waals surface area contributed by atoms with Gasteiger partial charge in [0, 0.05) is 12.5 Å². The molecular formula is C33H34N6O6. The molecule has 1 unspecified atom stereocenters. The van der Waals surface area contributed by atoms with Crippen LogP contribution in [-0.2, 0) is 20.8 Å². The first kappa shape index (κ1) is 29.8. The lowest BCUT2D eigenvalue weighted by atomic mass is 9.97. The Morgan fingerprint density at radius 3 is 2.56 bits per heavy atom. The standard InChI is InChI=1S/C33H34N6O6/c1-3-42-32-34-28-18-10-17-27(31(40)43-21(2)44-33(41)45-24-13-5-4-6-14-24)29(28)39(32)20-22-11-9-12-23(19-22)25-15-7-8-16-26(25)30-35-37-38-36-30/h7-12,15-19,21,24H,3-6,13-14,20H2,1-2H3,(H,35,36,37,38). The zero-order valence-electron chi connectivity index (χ0n) is 25.1. The van der Waals surface area contributed by atoms with Crippen molar-refractivity contribution in [2.75, 3.05) is 6.61 Å². The zero-order chi connectivity index (χ0) is 31.2. The van der Waals surface area contributed by atoms with E-state index >= 15 is 0 Å². The number of aromatic amines is 1. The molecule has 1 atom stereocenters. The van der Waals surface area contributed by atoms with Crippen LogP contribution >= 0.6 is 0 Å². The first-order chi connectivity index (χ1) is 22.0. The van der Waals surface area contributed by atoms with Crippen LogP contribution < -0.4 is 4.74 Å². The molecule has 2 aromatic heterocycles. The Kier molecular flexibility index (Phi) is 8.99. The van der Waals surface area contributed by atoms with Crippen LogP contribution in [0.2, 0.25) is 0 Å². The van der Waals surface area contributed by atoms with Crippen molar-refractivity contribution in [1.29, 1.82) is 0 Å². The van der Waals surface area contributed by atoms with Gasteiger partial charge in [-0.05, 0) is 72.7 Å². The second-order valence-electron chi connectivity index (χ2n) is 10.8. The molecule has 0 radical (unpaired) electrons. The predicted octanol–water partition coefficient (Wildman–Crippen LogP) is 6.32. The molecule has 0 saturated heterocycles. The summed E-state index contributed by atoms with van der Waals surface area (Å²) in [7, 11) is 0. The summed E-state index contributed by atoms with van der Waals surface area (Å²) in [5.41, 5.74) is 5.07. The van der Waals surface area contributed by atoms with Crippen molar-refractivity contribution >= 4 is 23.2 Å². The molecule has 1 fully saturated rings.